The Bertz CT molecular complexity index is 459. The van der Waals surface area contributed by atoms with E-state index >= 15 is 0 Å². The molecule has 0 saturated heterocycles. The van der Waals surface area contributed by atoms with Gasteiger partial charge in [0.05, 0.1) is 17.6 Å². The van der Waals surface area contributed by atoms with Crippen LogP contribution in [0.4, 0.5) is 0 Å². The van der Waals surface area contributed by atoms with Crippen LogP contribution in [0.5, 0.6) is 0 Å². The van der Waals surface area contributed by atoms with E-state index in [2.05, 4.69) is 0 Å². The second-order valence-electron chi connectivity index (χ2n) is 6.39. The Morgan fingerprint density at radius 3 is 2.40 bits per heavy atom. The molecule has 1 aliphatic carbocycles. The predicted octanol–water partition coefficient (Wildman–Crippen LogP) is 3.03. The van der Waals surface area contributed by atoms with Gasteiger partial charge in [0.25, 0.3) is 0 Å². The number of ether oxygens (including phenoxy) is 2. The summed E-state index contributed by atoms with van der Waals surface area (Å²) in [5, 5.41) is 0. The van der Waals surface area contributed by atoms with Crippen LogP contribution in [0.15, 0.2) is 23.0 Å². The number of rotatable bonds is 3. The minimum absolute atomic E-state index is 0.00580. The molecule has 0 aliphatic heterocycles. The molecule has 1 unspecified atom stereocenters. The highest BCUT2D eigenvalue weighted by molar-refractivity contribution is 6.01. The fourth-order valence-electron chi connectivity index (χ4n) is 2.02. The lowest BCUT2D eigenvalue weighted by Gasteiger charge is -2.25. The molecular formula is C16H24O4. The van der Waals surface area contributed by atoms with Crippen molar-refractivity contribution in [3.05, 3.63) is 23.0 Å². The molecule has 0 aromatic heterocycles. The van der Waals surface area contributed by atoms with Crippen molar-refractivity contribution in [3.8, 4) is 0 Å². The maximum Gasteiger partial charge on any atom is 0.316 e. The molecule has 4 nitrogen and oxygen atoms in total. The second kappa shape index (κ2) is 6.35. The molecule has 1 rings (SSSR count). The van der Waals surface area contributed by atoms with Crippen molar-refractivity contribution in [2.75, 3.05) is 13.7 Å². The number of carbonyl (C=O) groups excluding carboxylic acids is 2. The van der Waals surface area contributed by atoms with Crippen molar-refractivity contribution < 1.29 is 19.1 Å². The number of methoxy groups -OCH3 is 1. The van der Waals surface area contributed by atoms with Crippen molar-refractivity contribution in [3.63, 3.8) is 0 Å². The van der Waals surface area contributed by atoms with Gasteiger partial charge in [-0.05, 0) is 40.7 Å². The summed E-state index contributed by atoms with van der Waals surface area (Å²) in [6.45, 7) is 9.50. The predicted molar refractivity (Wildman–Crippen MR) is 77.0 cm³/mol. The van der Waals surface area contributed by atoms with E-state index in [1.807, 2.05) is 19.9 Å². The summed E-state index contributed by atoms with van der Waals surface area (Å²) in [5.41, 5.74) is 0.777. The summed E-state index contributed by atoms with van der Waals surface area (Å²) in [4.78, 5) is 24.3. The van der Waals surface area contributed by atoms with Gasteiger partial charge in [-0.25, -0.2) is 0 Å². The van der Waals surface area contributed by atoms with Crippen LogP contribution in [0.25, 0.3) is 0 Å². The zero-order chi connectivity index (χ0) is 15.5. The summed E-state index contributed by atoms with van der Waals surface area (Å²) in [6.07, 6.45) is 2.22. The van der Waals surface area contributed by atoms with E-state index in [4.69, 9.17) is 9.47 Å². The summed E-state index contributed by atoms with van der Waals surface area (Å²) >= 11 is 0. The zero-order valence-electron chi connectivity index (χ0n) is 13.2. The number of esters is 1. The highest BCUT2D eigenvalue weighted by atomic mass is 16.5. The zero-order valence-corrected chi connectivity index (χ0v) is 13.2. The maximum absolute atomic E-state index is 12.2. The molecule has 1 atom stereocenters. The van der Waals surface area contributed by atoms with E-state index in [1.165, 1.54) is 0 Å². The monoisotopic (exact) mass is 280 g/mol. The molecule has 0 heterocycles. The number of allylic oxidation sites excluding steroid dienone is 2. The van der Waals surface area contributed by atoms with Crippen molar-refractivity contribution in [2.45, 2.75) is 41.0 Å². The van der Waals surface area contributed by atoms with Crippen LogP contribution in [0.2, 0.25) is 0 Å². The number of Topliss-reactive ketones (excluding diaryl/α,β-unsaturated/α-hetero) is 1. The molecule has 0 spiro atoms. The van der Waals surface area contributed by atoms with E-state index < -0.39 is 5.41 Å². The van der Waals surface area contributed by atoms with E-state index in [0.717, 1.165) is 5.57 Å². The largest absolute Gasteiger partial charge is 0.426 e. The van der Waals surface area contributed by atoms with Gasteiger partial charge in [0, 0.05) is 19.4 Å². The van der Waals surface area contributed by atoms with Gasteiger partial charge in [0.15, 0.2) is 5.78 Å². The topological polar surface area (TPSA) is 52.6 Å². The first-order valence-corrected chi connectivity index (χ1v) is 6.81. The number of hydrogen-bond acceptors (Lipinski definition) is 4. The molecule has 0 radical (unpaired) electrons. The molecule has 0 fully saturated rings. The summed E-state index contributed by atoms with van der Waals surface area (Å²) in [5.74, 6) is 0.00113. The average molecular weight is 280 g/mol. The molecule has 0 N–H and O–H groups in total. The van der Waals surface area contributed by atoms with Gasteiger partial charge in [-0.2, -0.15) is 0 Å². The van der Waals surface area contributed by atoms with Crippen LogP contribution < -0.4 is 0 Å². The second-order valence-corrected chi connectivity index (χ2v) is 6.39. The summed E-state index contributed by atoms with van der Waals surface area (Å²) in [7, 11) is 1.59. The first-order chi connectivity index (χ1) is 9.16. The molecule has 0 aromatic rings. The van der Waals surface area contributed by atoms with Crippen molar-refractivity contribution >= 4 is 11.8 Å². The number of carbonyl (C=O) groups is 2. The molecule has 0 saturated carbocycles. The average Bonchev–Trinajstić information content (AvgIpc) is 2.26. The first-order valence-electron chi connectivity index (χ1n) is 6.81. The Hall–Kier alpha value is -1.42. The van der Waals surface area contributed by atoms with Crippen LogP contribution in [0, 0.1) is 11.3 Å². The van der Waals surface area contributed by atoms with Gasteiger partial charge in [0.1, 0.15) is 5.76 Å². The van der Waals surface area contributed by atoms with Gasteiger partial charge in [-0.1, -0.05) is 5.57 Å². The Balaban J connectivity index is 3.10. The standard InChI is InChI=1S/C16H24O4/c1-10(2)14-12(17)7-11(9-19-6)8-13(14)20-15(18)16(3,4)5/h8,11H,7,9H2,1-6H3. The molecule has 0 amide bonds. The Kier molecular flexibility index (Phi) is 5.28. The summed E-state index contributed by atoms with van der Waals surface area (Å²) < 4.78 is 10.6. The van der Waals surface area contributed by atoms with Crippen LogP contribution in [-0.4, -0.2) is 25.5 Å². The Morgan fingerprint density at radius 1 is 1.35 bits per heavy atom. The lowest BCUT2D eigenvalue weighted by atomic mass is 9.88. The van der Waals surface area contributed by atoms with Gasteiger partial charge >= 0.3 is 5.97 Å². The number of ketones is 1. The van der Waals surface area contributed by atoms with Crippen molar-refractivity contribution in [2.24, 2.45) is 11.3 Å². The summed E-state index contributed by atoms with van der Waals surface area (Å²) in [6, 6.07) is 0. The maximum atomic E-state index is 12.2. The number of hydrogen-bond donors (Lipinski definition) is 0. The van der Waals surface area contributed by atoms with E-state index in [9.17, 15) is 9.59 Å². The minimum atomic E-state index is -0.606. The normalized spacial score (nSPS) is 19.7. The minimum Gasteiger partial charge on any atom is -0.426 e. The molecule has 112 valence electrons. The third-order valence-corrected chi connectivity index (χ3v) is 3.06. The molecule has 0 aromatic carbocycles. The fourth-order valence-corrected chi connectivity index (χ4v) is 2.02. The van der Waals surface area contributed by atoms with Crippen molar-refractivity contribution in [1.29, 1.82) is 0 Å². The van der Waals surface area contributed by atoms with Gasteiger partial charge in [-0.15, -0.1) is 0 Å². The highest BCUT2D eigenvalue weighted by Gasteiger charge is 2.31. The van der Waals surface area contributed by atoms with Gasteiger partial charge < -0.3 is 9.47 Å². The third-order valence-electron chi connectivity index (χ3n) is 3.06. The molecule has 1 aliphatic rings. The molecule has 0 bridgehead atoms. The molecule has 20 heavy (non-hydrogen) atoms. The molecular weight excluding hydrogens is 256 g/mol. The SMILES string of the molecule is COCC1C=C(OC(=O)C(C)(C)C)C(=C(C)C)C(=O)C1. The van der Waals surface area contributed by atoms with E-state index in [-0.39, 0.29) is 17.7 Å². The van der Waals surface area contributed by atoms with Crippen LogP contribution in [0.3, 0.4) is 0 Å². The van der Waals surface area contributed by atoms with Crippen LogP contribution >= 0.6 is 0 Å². The van der Waals surface area contributed by atoms with Gasteiger partial charge in [0.2, 0.25) is 0 Å². The fraction of sp³-hybridized carbons (Fsp3) is 0.625. The van der Waals surface area contributed by atoms with E-state index in [0.29, 0.717) is 24.4 Å². The first kappa shape index (κ1) is 16.6. The quantitative estimate of drug-likeness (QED) is 0.589. The van der Waals surface area contributed by atoms with Crippen molar-refractivity contribution in [1.82, 2.24) is 0 Å². The highest BCUT2D eigenvalue weighted by Crippen LogP contribution is 2.30. The smallest absolute Gasteiger partial charge is 0.316 e. The Labute approximate surface area is 120 Å². The van der Waals surface area contributed by atoms with Gasteiger partial charge in [-0.3, -0.25) is 9.59 Å². The lowest BCUT2D eigenvalue weighted by molar-refractivity contribution is -0.148. The van der Waals surface area contributed by atoms with Crippen LogP contribution in [-0.2, 0) is 19.1 Å². The third kappa shape index (κ3) is 4.04. The van der Waals surface area contributed by atoms with Crippen LogP contribution in [0.1, 0.15) is 41.0 Å². The van der Waals surface area contributed by atoms with E-state index in [1.54, 1.807) is 27.9 Å². The Morgan fingerprint density at radius 2 is 1.95 bits per heavy atom. The molecule has 4 heteroatoms. The lowest BCUT2D eigenvalue weighted by Crippen LogP contribution is -2.27.